The third kappa shape index (κ3) is 2.48. The van der Waals surface area contributed by atoms with Crippen LogP contribution in [0.25, 0.3) is 0 Å². The lowest BCUT2D eigenvalue weighted by Gasteiger charge is -2.12. The minimum absolute atomic E-state index is 0.159. The molecular weight excluding hydrogens is 230 g/mol. The number of fused-ring (bicyclic) bond motifs is 1. The van der Waals surface area contributed by atoms with Gasteiger partial charge in [0.2, 0.25) is 0 Å². The van der Waals surface area contributed by atoms with E-state index in [9.17, 15) is 4.79 Å². The van der Waals surface area contributed by atoms with Crippen molar-refractivity contribution in [2.24, 2.45) is 5.73 Å². The average Bonchev–Trinajstić information content (AvgIpc) is 2.69. The number of methoxy groups -OCH3 is 1. The van der Waals surface area contributed by atoms with E-state index in [4.69, 9.17) is 15.2 Å². The zero-order valence-corrected chi connectivity index (χ0v) is 10.9. The zero-order chi connectivity index (χ0) is 13.1. The average molecular weight is 249 g/mol. The van der Waals surface area contributed by atoms with Crippen molar-refractivity contribution in [3.8, 4) is 5.75 Å². The predicted molar refractivity (Wildman–Crippen MR) is 68.7 cm³/mol. The first-order valence-corrected chi connectivity index (χ1v) is 6.24. The molecule has 0 spiro atoms. The summed E-state index contributed by atoms with van der Waals surface area (Å²) in [6, 6.07) is 4.14. The predicted octanol–water partition coefficient (Wildman–Crippen LogP) is 1.23. The Kier molecular flexibility index (Phi) is 3.87. The van der Waals surface area contributed by atoms with Gasteiger partial charge in [-0.1, -0.05) is 12.1 Å². The number of ether oxygens (including phenoxy) is 2. The van der Waals surface area contributed by atoms with Gasteiger partial charge in [-0.05, 0) is 30.9 Å². The molecule has 0 heterocycles. The maximum Gasteiger partial charge on any atom is 0.310 e. The normalized spacial score (nSPS) is 17.4. The molecule has 0 bridgehead atoms. The molecule has 1 aromatic rings. The molecule has 1 aliphatic carbocycles. The number of nitrogens with two attached hydrogens (primary N) is 1. The molecule has 0 aliphatic heterocycles. The molecule has 1 atom stereocenters. The molecule has 98 valence electrons. The molecule has 0 saturated heterocycles. The summed E-state index contributed by atoms with van der Waals surface area (Å²) in [6.07, 6.45) is 1.94. The lowest BCUT2D eigenvalue weighted by molar-refractivity contribution is -0.142. The molecule has 2 N–H and O–H groups in total. The molecule has 1 aliphatic rings. The lowest BCUT2D eigenvalue weighted by Crippen LogP contribution is -2.19. The number of benzene rings is 1. The fourth-order valence-electron chi connectivity index (χ4n) is 2.51. The van der Waals surface area contributed by atoms with Crippen LogP contribution in [0, 0.1) is 0 Å². The van der Waals surface area contributed by atoms with Crippen molar-refractivity contribution >= 4 is 5.97 Å². The van der Waals surface area contributed by atoms with Crippen LogP contribution >= 0.6 is 0 Å². The maximum absolute atomic E-state index is 11.5. The zero-order valence-electron chi connectivity index (χ0n) is 10.9. The molecule has 4 heteroatoms. The van der Waals surface area contributed by atoms with Crippen LogP contribution < -0.4 is 10.5 Å². The first kappa shape index (κ1) is 12.9. The van der Waals surface area contributed by atoms with Crippen LogP contribution in [0.5, 0.6) is 5.75 Å². The SMILES string of the molecule is CCOC(=O)Cc1ccc2c(c1OC)CC(N)C2. The fraction of sp³-hybridized carbons (Fsp3) is 0.500. The fourth-order valence-corrected chi connectivity index (χ4v) is 2.51. The van der Waals surface area contributed by atoms with Crippen molar-refractivity contribution in [2.45, 2.75) is 32.2 Å². The second kappa shape index (κ2) is 5.40. The Morgan fingerprint density at radius 1 is 1.44 bits per heavy atom. The van der Waals surface area contributed by atoms with Crippen LogP contribution in [0.4, 0.5) is 0 Å². The van der Waals surface area contributed by atoms with Crippen LogP contribution in [0.3, 0.4) is 0 Å². The molecule has 0 aromatic heterocycles. The molecule has 2 rings (SSSR count). The maximum atomic E-state index is 11.5. The Morgan fingerprint density at radius 2 is 2.22 bits per heavy atom. The molecule has 18 heavy (non-hydrogen) atoms. The molecule has 0 amide bonds. The van der Waals surface area contributed by atoms with Crippen LogP contribution in [0.1, 0.15) is 23.6 Å². The highest BCUT2D eigenvalue weighted by molar-refractivity contribution is 5.74. The summed E-state index contributed by atoms with van der Waals surface area (Å²) in [4.78, 5) is 11.5. The van der Waals surface area contributed by atoms with E-state index >= 15 is 0 Å². The van der Waals surface area contributed by atoms with E-state index in [-0.39, 0.29) is 18.4 Å². The minimum Gasteiger partial charge on any atom is -0.496 e. The van der Waals surface area contributed by atoms with Crippen LogP contribution in [-0.4, -0.2) is 25.7 Å². The van der Waals surface area contributed by atoms with E-state index in [0.717, 1.165) is 29.7 Å². The van der Waals surface area contributed by atoms with Crippen LogP contribution in [0.15, 0.2) is 12.1 Å². The minimum atomic E-state index is -0.224. The first-order chi connectivity index (χ1) is 8.65. The lowest BCUT2D eigenvalue weighted by atomic mass is 10.0. The summed E-state index contributed by atoms with van der Waals surface area (Å²) < 4.78 is 10.4. The van der Waals surface area contributed by atoms with Gasteiger partial charge in [0.15, 0.2) is 0 Å². The van der Waals surface area contributed by atoms with Crippen molar-refractivity contribution < 1.29 is 14.3 Å². The van der Waals surface area contributed by atoms with E-state index in [1.54, 1.807) is 14.0 Å². The van der Waals surface area contributed by atoms with Crippen molar-refractivity contribution in [1.29, 1.82) is 0 Å². The standard InChI is InChI=1S/C14H19NO3/c1-3-18-13(16)7-10-5-4-9-6-11(15)8-12(9)14(10)17-2/h4-5,11H,3,6-8,15H2,1-2H3. The van der Waals surface area contributed by atoms with E-state index in [1.807, 2.05) is 12.1 Å². The molecule has 1 aromatic carbocycles. The van der Waals surface area contributed by atoms with Gasteiger partial charge in [-0.15, -0.1) is 0 Å². The first-order valence-electron chi connectivity index (χ1n) is 6.24. The number of carbonyl (C=O) groups is 1. The Balaban J connectivity index is 2.27. The topological polar surface area (TPSA) is 61.5 Å². The van der Waals surface area contributed by atoms with Crippen molar-refractivity contribution in [3.05, 3.63) is 28.8 Å². The number of esters is 1. The van der Waals surface area contributed by atoms with E-state index < -0.39 is 0 Å². The van der Waals surface area contributed by atoms with E-state index in [0.29, 0.717) is 6.61 Å². The molecular formula is C14H19NO3. The van der Waals surface area contributed by atoms with Gasteiger partial charge in [-0.3, -0.25) is 4.79 Å². The summed E-state index contributed by atoms with van der Waals surface area (Å²) in [5, 5.41) is 0. The van der Waals surface area contributed by atoms with E-state index in [2.05, 4.69) is 0 Å². The number of hydrogen-bond donors (Lipinski definition) is 1. The highest BCUT2D eigenvalue weighted by atomic mass is 16.5. The molecule has 1 unspecified atom stereocenters. The summed E-state index contributed by atoms with van der Waals surface area (Å²) in [5.41, 5.74) is 9.21. The van der Waals surface area contributed by atoms with Crippen molar-refractivity contribution in [2.75, 3.05) is 13.7 Å². The molecule has 0 radical (unpaired) electrons. The molecule has 0 fully saturated rings. The second-order valence-corrected chi connectivity index (χ2v) is 4.55. The van der Waals surface area contributed by atoms with Gasteiger partial charge in [0, 0.05) is 11.6 Å². The summed E-state index contributed by atoms with van der Waals surface area (Å²) >= 11 is 0. The Hall–Kier alpha value is -1.55. The van der Waals surface area contributed by atoms with Crippen molar-refractivity contribution in [3.63, 3.8) is 0 Å². The van der Waals surface area contributed by atoms with Gasteiger partial charge >= 0.3 is 5.97 Å². The summed E-state index contributed by atoms with van der Waals surface area (Å²) in [7, 11) is 1.63. The number of rotatable bonds is 4. The summed E-state index contributed by atoms with van der Waals surface area (Å²) in [5.74, 6) is 0.576. The Morgan fingerprint density at radius 3 is 2.89 bits per heavy atom. The third-order valence-corrected chi connectivity index (χ3v) is 3.23. The number of hydrogen-bond acceptors (Lipinski definition) is 4. The molecule has 4 nitrogen and oxygen atoms in total. The largest absolute Gasteiger partial charge is 0.496 e. The van der Waals surface area contributed by atoms with Crippen LogP contribution in [0.2, 0.25) is 0 Å². The smallest absolute Gasteiger partial charge is 0.310 e. The van der Waals surface area contributed by atoms with Gasteiger partial charge < -0.3 is 15.2 Å². The van der Waals surface area contributed by atoms with Gasteiger partial charge in [0.05, 0.1) is 20.1 Å². The van der Waals surface area contributed by atoms with Gasteiger partial charge in [-0.25, -0.2) is 0 Å². The summed E-state index contributed by atoms with van der Waals surface area (Å²) in [6.45, 7) is 2.20. The van der Waals surface area contributed by atoms with Crippen molar-refractivity contribution in [1.82, 2.24) is 0 Å². The van der Waals surface area contributed by atoms with Crippen LogP contribution in [-0.2, 0) is 28.8 Å². The highest BCUT2D eigenvalue weighted by Crippen LogP contribution is 2.33. The monoisotopic (exact) mass is 249 g/mol. The number of carbonyl (C=O) groups excluding carboxylic acids is 1. The Bertz CT molecular complexity index is 457. The Labute approximate surface area is 107 Å². The molecule has 0 saturated carbocycles. The quantitative estimate of drug-likeness (QED) is 0.815. The van der Waals surface area contributed by atoms with Gasteiger partial charge in [-0.2, -0.15) is 0 Å². The third-order valence-electron chi connectivity index (χ3n) is 3.23. The highest BCUT2D eigenvalue weighted by Gasteiger charge is 2.24. The second-order valence-electron chi connectivity index (χ2n) is 4.55. The van der Waals surface area contributed by atoms with Gasteiger partial charge in [0.25, 0.3) is 0 Å². The van der Waals surface area contributed by atoms with E-state index in [1.165, 1.54) is 5.56 Å². The van der Waals surface area contributed by atoms with Gasteiger partial charge in [0.1, 0.15) is 5.75 Å².